The van der Waals surface area contributed by atoms with Gasteiger partial charge in [-0.05, 0) is 24.0 Å². The van der Waals surface area contributed by atoms with E-state index < -0.39 is 4.92 Å². The number of hydrogen-bond donors (Lipinski definition) is 2. The molecule has 1 amide bonds. The summed E-state index contributed by atoms with van der Waals surface area (Å²) in [7, 11) is 0. The standard InChI is InChI=1S/C14H20BrN3O3/c1-14(2,3)8-10(16)7-13(19)17-11-5-4-9(15)6-12(11)18(20)21/h4-6,10H,7-8,16H2,1-3H3,(H,17,19). The Kier molecular flexibility index (Phi) is 5.86. The molecule has 7 heteroatoms. The van der Waals surface area contributed by atoms with Crippen LogP contribution in [-0.2, 0) is 4.79 Å². The maximum absolute atomic E-state index is 11.9. The molecule has 3 N–H and O–H groups in total. The van der Waals surface area contributed by atoms with Gasteiger partial charge < -0.3 is 11.1 Å². The number of halogens is 1. The molecule has 0 heterocycles. The zero-order valence-electron chi connectivity index (χ0n) is 12.4. The summed E-state index contributed by atoms with van der Waals surface area (Å²) >= 11 is 3.17. The summed E-state index contributed by atoms with van der Waals surface area (Å²) in [5.74, 6) is -0.322. The van der Waals surface area contributed by atoms with Crippen molar-refractivity contribution in [1.82, 2.24) is 0 Å². The minimum atomic E-state index is -0.532. The van der Waals surface area contributed by atoms with Gasteiger partial charge in [0.25, 0.3) is 5.69 Å². The molecule has 0 aliphatic carbocycles. The Hall–Kier alpha value is -1.47. The van der Waals surface area contributed by atoms with Crippen LogP contribution in [-0.4, -0.2) is 16.9 Å². The van der Waals surface area contributed by atoms with Gasteiger partial charge in [0.15, 0.2) is 0 Å². The van der Waals surface area contributed by atoms with Crippen molar-refractivity contribution in [3.8, 4) is 0 Å². The molecule has 0 aliphatic rings. The maximum atomic E-state index is 11.9. The van der Waals surface area contributed by atoms with Crippen LogP contribution in [0.2, 0.25) is 0 Å². The van der Waals surface area contributed by atoms with Crippen molar-refractivity contribution in [2.45, 2.75) is 39.7 Å². The SMILES string of the molecule is CC(C)(C)CC(N)CC(=O)Nc1ccc(Br)cc1[N+](=O)[O-]. The van der Waals surface area contributed by atoms with Crippen molar-refractivity contribution in [1.29, 1.82) is 0 Å². The average Bonchev–Trinajstić information content (AvgIpc) is 2.28. The molecular weight excluding hydrogens is 338 g/mol. The lowest BCUT2D eigenvalue weighted by Gasteiger charge is -2.22. The molecule has 6 nitrogen and oxygen atoms in total. The van der Waals surface area contributed by atoms with E-state index in [1.54, 1.807) is 6.07 Å². The minimum Gasteiger partial charge on any atom is -0.327 e. The molecular formula is C14H20BrN3O3. The Labute approximate surface area is 132 Å². The Bertz CT molecular complexity index is 541. The third-order valence-corrected chi connectivity index (χ3v) is 3.25. The molecule has 0 saturated heterocycles. The summed E-state index contributed by atoms with van der Waals surface area (Å²) in [4.78, 5) is 22.4. The molecule has 1 aromatic rings. The topological polar surface area (TPSA) is 98.3 Å². The van der Waals surface area contributed by atoms with Crippen LogP contribution in [0.4, 0.5) is 11.4 Å². The largest absolute Gasteiger partial charge is 0.327 e. The van der Waals surface area contributed by atoms with Crippen LogP contribution in [0.15, 0.2) is 22.7 Å². The molecule has 0 aromatic heterocycles. The lowest BCUT2D eigenvalue weighted by atomic mass is 9.87. The highest BCUT2D eigenvalue weighted by Gasteiger charge is 2.20. The number of anilines is 1. The molecule has 0 radical (unpaired) electrons. The van der Waals surface area contributed by atoms with Crippen LogP contribution in [0.1, 0.15) is 33.6 Å². The van der Waals surface area contributed by atoms with Crippen molar-refractivity contribution < 1.29 is 9.72 Å². The summed E-state index contributed by atoms with van der Waals surface area (Å²) in [6.45, 7) is 6.14. The van der Waals surface area contributed by atoms with Crippen LogP contribution < -0.4 is 11.1 Å². The fraction of sp³-hybridized carbons (Fsp3) is 0.500. The second-order valence-corrected chi connectivity index (χ2v) is 7.11. The van der Waals surface area contributed by atoms with E-state index in [1.165, 1.54) is 12.1 Å². The van der Waals surface area contributed by atoms with Gasteiger partial charge in [-0.15, -0.1) is 0 Å². The van der Waals surface area contributed by atoms with E-state index in [1.807, 2.05) is 20.8 Å². The number of carbonyl (C=O) groups excluding carboxylic acids is 1. The fourth-order valence-electron chi connectivity index (χ4n) is 2.06. The van der Waals surface area contributed by atoms with Crippen molar-refractivity contribution in [2.24, 2.45) is 11.1 Å². The van der Waals surface area contributed by atoms with Gasteiger partial charge in [-0.2, -0.15) is 0 Å². The summed E-state index contributed by atoms with van der Waals surface area (Å²) in [5, 5.41) is 13.5. The third kappa shape index (κ3) is 6.22. The van der Waals surface area contributed by atoms with Crippen molar-refractivity contribution >= 4 is 33.2 Å². The van der Waals surface area contributed by atoms with Crippen LogP contribution in [0.5, 0.6) is 0 Å². The smallest absolute Gasteiger partial charge is 0.293 e. The molecule has 0 fully saturated rings. The molecule has 0 bridgehead atoms. The Morgan fingerprint density at radius 3 is 2.62 bits per heavy atom. The van der Waals surface area contributed by atoms with Crippen molar-refractivity contribution in [3.05, 3.63) is 32.8 Å². The first-order valence-electron chi connectivity index (χ1n) is 6.58. The second-order valence-electron chi connectivity index (χ2n) is 6.20. The maximum Gasteiger partial charge on any atom is 0.293 e. The van der Waals surface area contributed by atoms with Gasteiger partial charge in [-0.25, -0.2) is 0 Å². The predicted molar refractivity (Wildman–Crippen MR) is 86.1 cm³/mol. The quantitative estimate of drug-likeness (QED) is 0.622. The zero-order valence-corrected chi connectivity index (χ0v) is 13.9. The van der Waals surface area contributed by atoms with E-state index in [0.29, 0.717) is 10.9 Å². The summed E-state index contributed by atoms with van der Waals surface area (Å²) in [6, 6.07) is 4.21. The van der Waals surface area contributed by atoms with E-state index in [4.69, 9.17) is 5.73 Å². The highest BCUT2D eigenvalue weighted by atomic mass is 79.9. The van der Waals surface area contributed by atoms with Crippen molar-refractivity contribution in [3.63, 3.8) is 0 Å². The van der Waals surface area contributed by atoms with Crippen LogP contribution >= 0.6 is 15.9 Å². The van der Waals surface area contributed by atoms with Crippen LogP contribution in [0, 0.1) is 15.5 Å². The van der Waals surface area contributed by atoms with E-state index in [0.717, 1.165) is 0 Å². The zero-order chi connectivity index (χ0) is 16.2. The summed E-state index contributed by atoms with van der Waals surface area (Å²) in [6.07, 6.45) is 0.827. The highest BCUT2D eigenvalue weighted by molar-refractivity contribution is 9.10. The van der Waals surface area contributed by atoms with Gasteiger partial charge in [0.1, 0.15) is 5.69 Å². The van der Waals surface area contributed by atoms with Gasteiger partial charge in [0.2, 0.25) is 5.91 Å². The first kappa shape index (κ1) is 17.6. The minimum absolute atomic E-state index is 0.0311. The summed E-state index contributed by atoms with van der Waals surface area (Å²) < 4.78 is 0.580. The number of amides is 1. The number of carbonyl (C=O) groups is 1. The van der Waals surface area contributed by atoms with E-state index >= 15 is 0 Å². The van der Waals surface area contributed by atoms with Crippen molar-refractivity contribution in [2.75, 3.05) is 5.32 Å². The van der Waals surface area contributed by atoms with Crippen LogP contribution in [0.25, 0.3) is 0 Å². The molecule has 21 heavy (non-hydrogen) atoms. The molecule has 1 atom stereocenters. The number of nitrogens with zero attached hydrogens (tertiary/aromatic N) is 1. The van der Waals surface area contributed by atoms with E-state index in [9.17, 15) is 14.9 Å². The van der Waals surface area contributed by atoms with Gasteiger partial charge in [0.05, 0.1) is 4.92 Å². The first-order chi connectivity index (χ1) is 9.58. The lowest BCUT2D eigenvalue weighted by molar-refractivity contribution is -0.384. The van der Waals surface area contributed by atoms with Gasteiger partial charge in [-0.1, -0.05) is 36.7 Å². The number of nitro groups is 1. The number of nitrogens with one attached hydrogen (secondary N) is 1. The summed E-state index contributed by atoms with van der Waals surface area (Å²) in [5.41, 5.74) is 5.99. The predicted octanol–water partition coefficient (Wildman–Crippen LogP) is 3.45. The number of rotatable bonds is 5. The van der Waals surface area contributed by atoms with E-state index in [2.05, 4.69) is 21.2 Å². The molecule has 1 unspecified atom stereocenters. The number of nitrogens with two attached hydrogens (primary N) is 1. The molecule has 0 saturated carbocycles. The second kappa shape index (κ2) is 7.00. The molecule has 116 valence electrons. The normalized spacial score (nSPS) is 12.8. The molecule has 1 rings (SSSR count). The molecule has 0 spiro atoms. The number of benzene rings is 1. The average molecular weight is 358 g/mol. The van der Waals surface area contributed by atoms with Crippen LogP contribution in [0.3, 0.4) is 0 Å². The third-order valence-electron chi connectivity index (χ3n) is 2.75. The Morgan fingerprint density at radius 1 is 1.48 bits per heavy atom. The highest BCUT2D eigenvalue weighted by Crippen LogP contribution is 2.28. The number of hydrogen-bond acceptors (Lipinski definition) is 4. The van der Waals surface area contributed by atoms with Gasteiger partial charge in [0, 0.05) is 23.0 Å². The Balaban J connectivity index is 2.73. The fourth-order valence-corrected chi connectivity index (χ4v) is 2.41. The first-order valence-corrected chi connectivity index (χ1v) is 7.37. The monoisotopic (exact) mass is 357 g/mol. The molecule has 0 aliphatic heterocycles. The number of nitro benzene ring substituents is 1. The van der Waals surface area contributed by atoms with Gasteiger partial charge >= 0.3 is 0 Å². The Morgan fingerprint density at radius 2 is 2.10 bits per heavy atom. The van der Waals surface area contributed by atoms with E-state index in [-0.39, 0.29) is 35.2 Å². The lowest BCUT2D eigenvalue weighted by Crippen LogP contribution is -2.31. The van der Waals surface area contributed by atoms with Gasteiger partial charge in [-0.3, -0.25) is 14.9 Å². The molecule has 1 aromatic carbocycles.